The summed E-state index contributed by atoms with van der Waals surface area (Å²) in [6, 6.07) is 12.8. The molecule has 4 amide bonds. The number of hydrazine groups is 1. The molecule has 2 aromatic rings. The van der Waals surface area contributed by atoms with E-state index in [1.165, 1.54) is 20.9 Å². The number of fused-ring (bicyclic) bond motifs is 1. The third-order valence-corrected chi connectivity index (χ3v) is 6.20. The van der Waals surface area contributed by atoms with Gasteiger partial charge in [-0.2, -0.15) is 0 Å². The maximum atomic E-state index is 13.4. The molecule has 2 aliphatic rings. The Labute approximate surface area is 208 Å². The summed E-state index contributed by atoms with van der Waals surface area (Å²) in [5.74, 6) is -1.73. The summed E-state index contributed by atoms with van der Waals surface area (Å²) in [7, 11) is 0. The van der Waals surface area contributed by atoms with E-state index in [0.29, 0.717) is 12.2 Å². The number of piperazine rings is 1. The van der Waals surface area contributed by atoms with Crippen LogP contribution >= 0.6 is 0 Å². The van der Waals surface area contributed by atoms with Gasteiger partial charge in [-0.25, -0.2) is 24.6 Å². The lowest BCUT2D eigenvalue weighted by atomic mass is 10.1. The molecule has 2 fully saturated rings. The molecule has 4 rings (SSSR count). The summed E-state index contributed by atoms with van der Waals surface area (Å²) in [6.45, 7) is 5.95. The number of carboxylic acids is 1. The molecule has 0 bridgehead atoms. The standard InChI is InChI=1S/C25H28N6O5/c1-3-12-29-16-22(32)30-17(2)23(33)28(14-19-10-7-11-20(27-19)24(34)35)15-21(30)31(29)25(36)26-13-18-8-5-4-6-9-18/h3-11,17,21H,1,12-16H2,2H3,(H,26,36)(H,34,35)/t17-,21-/m0/s1. The van der Waals surface area contributed by atoms with Crippen molar-refractivity contribution < 1.29 is 24.3 Å². The molecule has 2 N–H and O–H groups in total. The van der Waals surface area contributed by atoms with Crippen LogP contribution in [0.2, 0.25) is 0 Å². The van der Waals surface area contributed by atoms with Gasteiger partial charge in [0.25, 0.3) is 0 Å². The number of nitrogens with one attached hydrogen (secondary N) is 1. The molecular formula is C25H28N6O5. The summed E-state index contributed by atoms with van der Waals surface area (Å²) in [5.41, 5.74) is 1.19. The number of hydrogen-bond acceptors (Lipinski definition) is 6. The molecule has 36 heavy (non-hydrogen) atoms. The van der Waals surface area contributed by atoms with Crippen molar-refractivity contribution in [2.75, 3.05) is 19.6 Å². The van der Waals surface area contributed by atoms with Crippen LogP contribution in [0.5, 0.6) is 0 Å². The van der Waals surface area contributed by atoms with E-state index >= 15 is 0 Å². The van der Waals surface area contributed by atoms with Crippen LogP contribution in [0, 0.1) is 0 Å². The average Bonchev–Trinajstić information content (AvgIpc) is 2.86. The maximum Gasteiger partial charge on any atom is 0.354 e. The highest BCUT2D eigenvalue weighted by Gasteiger charge is 2.49. The molecule has 2 saturated heterocycles. The molecule has 0 aliphatic carbocycles. The second-order valence-corrected chi connectivity index (χ2v) is 8.62. The highest BCUT2D eigenvalue weighted by molar-refractivity contribution is 5.91. The lowest BCUT2D eigenvalue weighted by Gasteiger charge is -2.54. The van der Waals surface area contributed by atoms with Crippen molar-refractivity contribution in [1.29, 1.82) is 0 Å². The zero-order chi connectivity index (χ0) is 25.8. The van der Waals surface area contributed by atoms with Gasteiger partial charge in [-0.1, -0.05) is 42.5 Å². The number of carbonyl (C=O) groups excluding carboxylic acids is 3. The van der Waals surface area contributed by atoms with E-state index in [-0.39, 0.29) is 43.7 Å². The average molecular weight is 493 g/mol. The number of carboxylic acid groups (broad SMARTS) is 1. The number of amides is 4. The number of nitrogens with zero attached hydrogens (tertiary/aromatic N) is 5. The number of aromatic nitrogens is 1. The molecule has 2 aliphatic heterocycles. The molecule has 0 spiro atoms. The van der Waals surface area contributed by atoms with Gasteiger partial charge in [0.15, 0.2) is 0 Å². The predicted molar refractivity (Wildman–Crippen MR) is 129 cm³/mol. The number of rotatable bonds is 7. The Kier molecular flexibility index (Phi) is 7.30. The third kappa shape index (κ3) is 5.05. The Balaban J connectivity index is 1.60. The van der Waals surface area contributed by atoms with Gasteiger partial charge in [0, 0.05) is 13.1 Å². The summed E-state index contributed by atoms with van der Waals surface area (Å²) >= 11 is 0. The van der Waals surface area contributed by atoms with Gasteiger partial charge >= 0.3 is 12.0 Å². The van der Waals surface area contributed by atoms with Gasteiger partial charge in [-0.15, -0.1) is 6.58 Å². The van der Waals surface area contributed by atoms with E-state index < -0.39 is 24.2 Å². The van der Waals surface area contributed by atoms with Crippen molar-refractivity contribution in [2.24, 2.45) is 0 Å². The van der Waals surface area contributed by atoms with Crippen LogP contribution in [0.4, 0.5) is 4.79 Å². The van der Waals surface area contributed by atoms with Gasteiger partial charge in [0.1, 0.15) is 17.9 Å². The highest BCUT2D eigenvalue weighted by atomic mass is 16.4. The first kappa shape index (κ1) is 24.9. The molecule has 11 heteroatoms. The number of hydrogen-bond donors (Lipinski definition) is 2. The Bertz CT molecular complexity index is 1170. The number of pyridine rings is 1. The van der Waals surface area contributed by atoms with Crippen molar-refractivity contribution in [3.8, 4) is 0 Å². The Hall–Kier alpha value is -4.25. The summed E-state index contributed by atoms with van der Waals surface area (Å²) in [4.78, 5) is 58.0. The van der Waals surface area contributed by atoms with Crippen LogP contribution in [0.1, 0.15) is 28.7 Å². The quantitative estimate of drug-likeness (QED) is 0.558. The van der Waals surface area contributed by atoms with E-state index in [4.69, 9.17) is 0 Å². The van der Waals surface area contributed by atoms with Crippen LogP contribution < -0.4 is 5.32 Å². The monoisotopic (exact) mass is 492 g/mol. The Morgan fingerprint density at radius 2 is 1.92 bits per heavy atom. The number of benzene rings is 1. The normalized spacial score (nSPS) is 20.2. The van der Waals surface area contributed by atoms with Crippen molar-refractivity contribution in [1.82, 2.24) is 30.1 Å². The van der Waals surface area contributed by atoms with E-state index in [1.54, 1.807) is 30.1 Å². The number of urea groups is 1. The summed E-state index contributed by atoms with van der Waals surface area (Å²) in [5, 5.41) is 15.2. The molecule has 188 valence electrons. The maximum absolute atomic E-state index is 13.4. The highest BCUT2D eigenvalue weighted by Crippen LogP contribution is 2.27. The Morgan fingerprint density at radius 3 is 2.61 bits per heavy atom. The zero-order valence-electron chi connectivity index (χ0n) is 19.9. The fraction of sp³-hybridized carbons (Fsp3) is 0.320. The summed E-state index contributed by atoms with van der Waals surface area (Å²) in [6.07, 6.45) is 0.856. The molecule has 1 aromatic carbocycles. The first-order valence-electron chi connectivity index (χ1n) is 11.6. The van der Waals surface area contributed by atoms with Crippen LogP contribution in [0.15, 0.2) is 61.2 Å². The number of carbonyl (C=O) groups is 4. The van der Waals surface area contributed by atoms with Gasteiger partial charge in [-0.3, -0.25) is 9.59 Å². The largest absolute Gasteiger partial charge is 0.477 e. The lowest BCUT2D eigenvalue weighted by molar-refractivity contribution is -0.188. The minimum atomic E-state index is -1.17. The van der Waals surface area contributed by atoms with E-state index in [9.17, 15) is 24.3 Å². The molecule has 3 heterocycles. The van der Waals surface area contributed by atoms with Crippen molar-refractivity contribution >= 4 is 23.8 Å². The van der Waals surface area contributed by atoms with E-state index in [0.717, 1.165) is 5.56 Å². The molecular weight excluding hydrogens is 464 g/mol. The second kappa shape index (κ2) is 10.6. The smallest absolute Gasteiger partial charge is 0.354 e. The zero-order valence-corrected chi connectivity index (χ0v) is 19.9. The minimum Gasteiger partial charge on any atom is -0.477 e. The molecule has 0 unspecified atom stereocenters. The van der Waals surface area contributed by atoms with E-state index in [2.05, 4.69) is 16.9 Å². The van der Waals surface area contributed by atoms with Crippen molar-refractivity contribution in [3.05, 3.63) is 78.1 Å². The van der Waals surface area contributed by atoms with Crippen LogP contribution in [0.25, 0.3) is 0 Å². The third-order valence-electron chi connectivity index (χ3n) is 6.20. The van der Waals surface area contributed by atoms with Gasteiger partial charge < -0.3 is 20.2 Å². The SMILES string of the molecule is C=CCN1CC(=O)N2[C@@H](C)C(=O)N(Cc3cccc(C(=O)O)n3)C[C@@H]2N1C(=O)NCc1ccccc1. The van der Waals surface area contributed by atoms with Gasteiger partial charge in [-0.05, 0) is 24.6 Å². The second-order valence-electron chi connectivity index (χ2n) is 8.62. The molecule has 1 aromatic heterocycles. The van der Waals surface area contributed by atoms with Gasteiger partial charge in [0.05, 0.1) is 25.3 Å². The topological polar surface area (TPSA) is 126 Å². The van der Waals surface area contributed by atoms with Crippen LogP contribution in [-0.2, 0) is 22.7 Å². The number of aromatic carboxylic acids is 1. The molecule has 2 atom stereocenters. The first-order valence-corrected chi connectivity index (χ1v) is 11.6. The minimum absolute atomic E-state index is 0.0420. The van der Waals surface area contributed by atoms with Crippen molar-refractivity contribution in [3.63, 3.8) is 0 Å². The predicted octanol–water partition coefficient (Wildman–Crippen LogP) is 1.29. The Morgan fingerprint density at radius 1 is 1.17 bits per heavy atom. The fourth-order valence-electron chi connectivity index (χ4n) is 4.54. The lowest BCUT2D eigenvalue weighted by Crippen LogP contribution is -2.75. The summed E-state index contributed by atoms with van der Waals surface area (Å²) < 4.78 is 0. The van der Waals surface area contributed by atoms with E-state index in [1.807, 2.05) is 30.3 Å². The molecule has 0 saturated carbocycles. The molecule has 11 nitrogen and oxygen atoms in total. The van der Waals surface area contributed by atoms with Gasteiger partial charge in [0.2, 0.25) is 11.8 Å². The molecule has 0 radical (unpaired) electrons. The van der Waals surface area contributed by atoms with Crippen LogP contribution in [-0.4, -0.2) is 85.6 Å². The van der Waals surface area contributed by atoms with Crippen LogP contribution in [0.3, 0.4) is 0 Å². The first-order chi connectivity index (χ1) is 17.3. The fourth-order valence-corrected chi connectivity index (χ4v) is 4.54. The van der Waals surface area contributed by atoms with Crippen molar-refractivity contribution in [2.45, 2.75) is 32.2 Å².